The number of aliphatic hydroxyl groups excluding tert-OH is 3. The predicted octanol–water partition coefficient (Wildman–Crippen LogP) is -0.106. The molecular formula is C12H16O5. The van der Waals surface area contributed by atoms with E-state index in [9.17, 15) is 10.2 Å². The fourth-order valence-corrected chi connectivity index (χ4v) is 1.79. The average molecular weight is 240 g/mol. The molecule has 1 saturated heterocycles. The van der Waals surface area contributed by atoms with Gasteiger partial charge in [0, 0.05) is 6.42 Å². The van der Waals surface area contributed by atoms with Gasteiger partial charge in [-0.1, -0.05) is 18.2 Å². The molecule has 1 fully saturated rings. The summed E-state index contributed by atoms with van der Waals surface area (Å²) in [4.78, 5) is 0. The Bertz CT molecular complexity index is 342. The molecule has 94 valence electrons. The molecule has 1 aliphatic rings. The quantitative estimate of drug-likeness (QED) is 0.687. The van der Waals surface area contributed by atoms with E-state index in [0.717, 1.165) is 0 Å². The Morgan fingerprint density at radius 1 is 1.24 bits per heavy atom. The molecule has 4 unspecified atom stereocenters. The third-order valence-electron chi connectivity index (χ3n) is 2.73. The minimum atomic E-state index is -1.07. The summed E-state index contributed by atoms with van der Waals surface area (Å²) in [6.45, 7) is -0.354. The van der Waals surface area contributed by atoms with Gasteiger partial charge in [-0.25, -0.2) is 0 Å². The summed E-state index contributed by atoms with van der Waals surface area (Å²) in [5.41, 5.74) is 0. The van der Waals surface area contributed by atoms with E-state index < -0.39 is 24.6 Å². The molecule has 0 spiro atoms. The largest absolute Gasteiger partial charge is 0.465 e. The Kier molecular flexibility index (Phi) is 3.96. The van der Waals surface area contributed by atoms with Crippen molar-refractivity contribution in [1.29, 1.82) is 0 Å². The highest BCUT2D eigenvalue weighted by Crippen LogP contribution is 2.23. The smallest absolute Gasteiger partial charge is 0.202 e. The zero-order valence-corrected chi connectivity index (χ0v) is 9.27. The number of para-hydroxylation sites is 1. The van der Waals surface area contributed by atoms with Gasteiger partial charge in [-0.05, 0) is 12.1 Å². The van der Waals surface area contributed by atoms with Gasteiger partial charge in [-0.3, -0.25) is 0 Å². The van der Waals surface area contributed by atoms with Crippen LogP contribution in [0.1, 0.15) is 6.42 Å². The van der Waals surface area contributed by atoms with Crippen molar-refractivity contribution < 1.29 is 24.8 Å². The van der Waals surface area contributed by atoms with Crippen molar-refractivity contribution in [1.82, 2.24) is 0 Å². The molecule has 0 aliphatic carbocycles. The molecule has 5 heteroatoms. The lowest BCUT2D eigenvalue weighted by Crippen LogP contribution is -2.51. The first-order valence-corrected chi connectivity index (χ1v) is 5.55. The van der Waals surface area contributed by atoms with Crippen LogP contribution in [0.15, 0.2) is 30.3 Å². The predicted molar refractivity (Wildman–Crippen MR) is 59.4 cm³/mol. The number of hydrogen-bond donors (Lipinski definition) is 3. The van der Waals surface area contributed by atoms with Gasteiger partial charge in [0.2, 0.25) is 6.29 Å². The molecule has 17 heavy (non-hydrogen) atoms. The lowest BCUT2D eigenvalue weighted by atomic mass is 10.0. The average Bonchev–Trinajstić information content (AvgIpc) is 2.35. The van der Waals surface area contributed by atoms with Gasteiger partial charge in [0.1, 0.15) is 18.0 Å². The van der Waals surface area contributed by atoms with Crippen LogP contribution < -0.4 is 4.74 Å². The minimum absolute atomic E-state index is 0.173. The highest BCUT2D eigenvalue weighted by Gasteiger charge is 2.37. The molecule has 0 amide bonds. The molecule has 0 aromatic heterocycles. The second kappa shape index (κ2) is 5.46. The van der Waals surface area contributed by atoms with Gasteiger partial charge in [-0.2, -0.15) is 0 Å². The molecule has 1 aromatic rings. The standard InChI is InChI=1S/C12H16O5/c13-7-10-12(15)9(14)6-11(17-10)16-8-4-2-1-3-5-8/h1-5,9-15H,6-7H2. The van der Waals surface area contributed by atoms with Crippen LogP contribution in [-0.4, -0.2) is 46.5 Å². The number of aliphatic hydroxyl groups is 3. The van der Waals surface area contributed by atoms with E-state index in [1.54, 1.807) is 12.1 Å². The molecule has 0 bridgehead atoms. The first-order valence-electron chi connectivity index (χ1n) is 5.55. The van der Waals surface area contributed by atoms with Gasteiger partial charge in [0.25, 0.3) is 0 Å². The van der Waals surface area contributed by atoms with Crippen LogP contribution in [0.3, 0.4) is 0 Å². The molecule has 0 saturated carbocycles. The van der Waals surface area contributed by atoms with Crippen molar-refractivity contribution in [3.8, 4) is 5.75 Å². The van der Waals surface area contributed by atoms with E-state index in [2.05, 4.69) is 0 Å². The number of benzene rings is 1. The van der Waals surface area contributed by atoms with Crippen LogP contribution in [0.4, 0.5) is 0 Å². The summed E-state index contributed by atoms with van der Waals surface area (Å²) in [5.74, 6) is 0.623. The summed E-state index contributed by atoms with van der Waals surface area (Å²) < 4.78 is 10.8. The summed E-state index contributed by atoms with van der Waals surface area (Å²) in [5, 5.41) is 28.1. The maximum absolute atomic E-state index is 9.61. The topological polar surface area (TPSA) is 79.2 Å². The van der Waals surface area contributed by atoms with E-state index >= 15 is 0 Å². The molecule has 1 aliphatic heterocycles. The monoisotopic (exact) mass is 240 g/mol. The molecule has 2 rings (SSSR count). The summed E-state index contributed by atoms with van der Waals surface area (Å²) >= 11 is 0. The Hall–Kier alpha value is -1.14. The molecule has 0 radical (unpaired) electrons. The van der Waals surface area contributed by atoms with E-state index in [1.165, 1.54) is 0 Å². The Labute approximate surface area is 99.2 Å². The molecule has 1 aromatic carbocycles. The highest BCUT2D eigenvalue weighted by molar-refractivity contribution is 5.21. The first kappa shape index (κ1) is 12.3. The van der Waals surface area contributed by atoms with E-state index in [-0.39, 0.29) is 13.0 Å². The van der Waals surface area contributed by atoms with E-state index in [1.807, 2.05) is 18.2 Å². The first-order chi connectivity index (χ1) is 8.20. The lowest BCUT2D eigenvalue weighted by molar-refractivity contribution is -0.229. The summed E-state index contributed by atoms with van der Waals surface area (Å²) in [6, 6.07) is 9.06. The summed E-state index contributed by atoms with van der Waals surface area (Å²) in [6.07, 6.45) is -3.32. The van der Waals surface area contributed by atoms with Crippen LogP contribution in [-0.2, 0) is 4.74 Å². The van der Waals surface area contributed by atoms with E-state index in [0.29, 0.717) is 5.75 Å². The zero-order chi connectivity index (χ0) is 12.3. The summed E-state index contributed by atoms with van der Waals surface area (Å²) in [7, 11) is 0. The van der Waals surface area contributed by atoms with Gasteiger partial charge < -0.3 is 24.8 Å². The molecule has 5 nitrogen and oxygen atoms in total. The van der Waals surface area contributed by atoms with Crippen LogP contribution in [0.5, 0.6) is 5.75 Å². The molecule has 3 N–H and O–H groups in total. The second-order valence-corrected chi connectivity index (χ2v) is 4.01. The van der Waals surface area contributed by atoms with Gasteiger partial charge in [0.15, 0.2) is 0 Å². The fraction of sp³-hybridized carbons (Fsp3) is 0.500. The van der Waals surface area contributed by atoms with Crippen LogP contribution in [0, 0.1) is 0 Å². The molecule has 1 heterocycles. The zero-order valence-electron chi connectivity index (χ0n) is 9.27. The molecular weight excluding hydrogens is 224 g/mol. The normalized spacial score (nSPS) is 33.4. The van der Waals surface area contributed by atoms with Crippen molar-refractivity contribution in [2.75, 3.05) is 6.61 Å². The van der Waals surface area contributed by atoms with Crippen molar-refractivity contribution >= 4 is 0 Å². The van der Waals surface area contributed by atoms with Crippen molar-refractivity contribution in [3.05, 3.63) is 30.3 Å². The lowest BCUT2D eigenvalue weighted by Gasteiger charge is -2.36. The van der Waals surface area contributed by atoms with Gasteiger partial charge >= 0.3 is 0 Å². The molecule has 4 atom stereocenters. The Morgan fingerprint density at radius 2 is 1.94 bits per heavy atom. The van der Waals surface area contributed by atoms with Crippen LogP contribution in [0.2, 0.25) is 0 Å². The maximum atomic E-state index is 9.61. The number of rotatable bonds is 3. The van der Waals surface area contributed by atoms with Crippen molar-refractivity contribution in [3.63, 3.8) is 0 Å². The SMILES string of the molecule is OCC1OC(Oc2ccccc2)CC(O)C1O. The Balaban J connectivity index is 1.98. The minimum Gasteiger partial charge on any atom is -0.465 e. The third kappa shape index (κ3) is 2.95. The second-order valence-electron chi connectivity index (χ2n) is 4.01. The van der Waals surface area contributed by atoms with E-state index in [4.69, 9.17) is 14.6 Å². The van der Waals surface area contributed by atoms with Crippen LogP contribution >= 0.6 is 0 Å². The third-order valence-corrected chi connectivity index (χ3v) is 2.73. The van der Waals surface area contributed by atoms with Crippen molar-refractivity contribution in [2.24, 2.45) is 0 Å². The van der Waals surface area contributed by atoms with Crippen molar-refractivity contribution in [2.45, 2.75) is 31.0 Å². The van der Waals surface area contributed by atoms with Gasteiger partial charge in [0.05, 0.1) is 12.7 Å². The fourth-order valence-electron chi connectivity index (χ4n) is 1.79. The van der Waals surface area contributed by atoms with Gasteiger partial charge in [-0.15, -0.1) is 0 Å². The number of hydrogen-bond acceptors (Lipinski definition) is 5. The maximum Gasteiger partial charge on any atom is 0.202 e. The highest BCUT2D eigenvalue weighted by atomic mass is 16.7. The Morgan fingerprint density at radius 3 is 2.59 bits per heavy atom. The number of ether oxygens (including phenoxy) is 2. The van der Waals surface area contributed by atoms with Crippen LogP contribution in [0.25, 0.3) is 0 Å².